The van der Waals surface area contributed by atoms with E-state index in [2.05, 4.69) is 12.2 Å². The highest BCUT2D eigenvalue weighted by Crippen LogP contribution is 2.41. The van der Waals surface area contributed by atoms with Gasteiger partial charge in [-0.2, -0.15) is 0 Å². The fourth-order valence-electron chi connectivity index (χ4n) is 3.77. The highest BCUT2D eigenvalue weighted by Gasteiger charge is 2.39. The number of imide groups is 1. The molecule has 0 saturated carbocycles. The molecule has 0 atom stereocenters. The molecule has 1 N–H and O–H groups in total. The van der Waals surface area contributed by atoms with Crippen LogP contribution in [0.2, 0.25) is 0 Å². The standard InChI is InChI=1S/C25H29FN2O5/c1-5-6-7-8-13-28-24(29)21(16-9-11-17(26)12-10-16)22(25(28)30)27-18-14-19(31-2)23(33-4)20(15-18)32-3/h9-12,14-15,27H,5-8,13H2,1-4H3. The van der Waals surface area contributed by atoms with E-state index in [1.807, 2.05) is 0 Å². The van der Waals surface area contributed by atoms with Crippen LogP contribution in [0.5, 0.6) is 17.2 Å². The van der Waals surface area contributed by atoms with Gasteiger partial charge in [0.25, 0.3) is 11.8 Å². The maximum atomic E-state index is 13.5. The Morgan fingerprint density at radius 2 is 1.52 bits per heavy atom. The Bertz CT molecular complexity index is 1020. The fraction of sp³-hybridized carbons (Fsp3) is 0.360. The summed E-state index contributed by atoms with van der Waals surface area (Å²) in [5, 5.41) is 3.07. The van der Waals surface area contributed by atoms with Crippen LogP contribution < -0.4 is 19.5 Å². The van der Waals surface area contributed by atoms with E-state index in [-0.39, 0.29) is 11.3 Å². The molecule has 7 nitrogen and oxygen atoms in total. The summed E-state index contributed by atoms with van der Waals surface area (Å²) in [5.74, 6) is -0.0491. The summed E-state index contributed by atoms with van der Waals surface area (Å²) >= 11 is 0. The Morgan fingerprint density at radius 3 is 2.06 bits per heavy atom. The molecule has 0 fully saturated rings. The summed E-state index contributed by atoms with van der Waals surface area (Å²) in [5.41, 5.74) is 1.26. The molecule has 2 aromatic carbocycles. The lowest BCUT2D eigenvalue weighted by atomic mass is 10.0. The summed E-state index contributed by atoms with van der Waals surface area (Å²) in [6, 6.07) is 8.82. The van der Waals surface area contributed by atoms with Gasteiger partial charge < -0.3 is 19.5 Å². The van der Waals surface area contributed by atoms with Gasteiger partial charge in [0.2, 0.25) is 5.75 Å². The first kappa shape index (κ1) is 24.1. The number of anilines is 1. The zero-order valence-corrected chi connectivity index (χ0v) is 19.4. The summed E-state index contributed by atoms with van der Waals surface area (Å²) in [4.78, 5) is 27.8. The monoisotopic (exact) mass is 456 g/mol. The fourth-order valence-corrected chi connectivity index (χ4v) is 3.77. The third-order valence-corrected chi connectivity index (χ3v) is 5.47. The number of carbonyl (C=O) groups is 2. The molecule has 176 valence electrons. The van der Waals surface area contributed by atoms with Crippen molar-refractivity contribution in [3.63, 3.8) is 0 Å². The van der Waals surface area contributed by atoms with Crippen LogP contribution >= 0.6 is 0 Å². The Labute approximate surface area is 193 Å². The third-order valence-electron chi connectivity index (χ3n) is 5.47. The van der Waals surface area contributed by atoms with Crippen molar-refractivity contribution < 1.29 is 28.2 Å². The molecule has 3 rings (SSSR count). The molecule has 0 aliphatic carbocycles. The lowest BCUT2D eigenvalue weighted by Crippen LogP contribution is -2.33. The van der Waals surface area contributed by atoms with Gasteiger partial charge in [-0.1, -0.05) is 38.3 Å². The van der Waals surface area contributed by atoms with Crippen LogP contribution in [0.25, 0.3) is 5.57 Å². The molecule has 1 aliphatic rings. The molecule has 0 radical (unpaired) electrons. The van der Waals surface area contributed by atoms with E-state index in [9.17, 15) is 14.0 Å². The van der Waals surface area contributed by atoms with Crippen LogP contribution in [-0.4, -0.2) is 44.6 Å². The van der Waals surface area contributed by atoms with Gasteiger partial charge in [-0.3, -0.25) is 14.5 Å². The van der Waals surface area contributed by atoms with E-state index in [1.54, 1.807) is 12.1 Å². The molecule has 0 aromatic heterocycles. The topological polar surface area (TPSA) is 77.1 Å². The van der Waals surface area contributed by atoms with Crippen molar-refractivity contribution in [1.82, 2.24) is 4.90 Å². The molecule has 0 unspecified atom stereocenters. The summed E-state index contributed by atoms with van der Waals surface area (Å²) in [6.45, 7) is 2.42. The maximum absolute atomic E-state index is 13.5. The van der Waals surface area contributed by atoms with Crippen molar-refractivity contribution >= 4 is 23.1 Å². The Kier molecular flexibility index (Phi) is 7.92. The van der Waals surface area contributed by atoms with Crippen molar-refractivity contribution in [2.45, 2.75) is 32.6 Å². The zero-order chi connectivity index (χ0) is 24.0. The second kappa shape index (κ2) is 10.8. The van der Waals surface area contributed by atoms with Crippen LogP contribution in [0.4, 0.5) is 10.1 Å². The second-order valence-corrected chi connectivity index (χ2v) is 7.62. The predicted octanol–water partition coefficient (Wildman–Crippen LogP) is 4.62. The minimum absolute atomic E-state index is 0.122. The van der Waals surface area contributed by atoms with Gasteiger partial charge in [0.15, 0.2) is 11.5 Å². The predicted molar refractivity (Wildman–Crippen MR) is 124 cm³/mol. The number of halogens is 1. The van der Waals surface area contributed by atoms with Gasteiger partial charge in [0.1, 0.15) is 11.5 Å². The SMILES string of the molecule is CCCCCCN1C(=O)C(Nc2cc(OC)c(OC)c(OC)c2)=C(c2ccc(F)cc2)C1=O. The number of hydrogen-bond donors (Lipinski definition) is 1. The zero-order valence-electron chi connectivity index (χ0n) is 19.4. The van der Waals surface area contributed by atoms with Gasteiger partial charge >= 0.3 is 0 Å². The van der Waals surface area contributed by atoms with E-state index in [4.69, 9.17) is 14.2 Å². The highest BCUT2D eigenvalue weighted by molar-refractivity contribution is 6.36. The molecular formula is C25H29FN2O5. The molecule has 0 spiro atoms. The smallest absolute Gasteiger partial charge is 0.278 e. The molecule has 0 saturated heterocycles. The minimum atomic E-state index is -0.426. The first-order valence-electron chi connectivity index (χ1n) is 10.9. The van der Waals surface area contributed by atoms with Gasteiger partial charge in [0, 0.05) is 24.4 Å². The van der Waals surface area contributed by atoms with Crippen molar-refractivity contribution in [3.8, 4) is 17.2 Å². The molecule has 0 bridgehead atoms. The van der Waals surface area contributed by atoms with Gasteiger partial charge in [-0.05, 0) is 24.1 Å². The molecular weight excluding hydrogens is 427 g/mol. The van der Waals surface area contributed by atoms with E-state index in [0.29, 0.717) is 35.0 Å². The van der Waals surface area contributed by atoms with E-state index < -0.39 is 17.6 Å². The van der Waals surface area contributed by atoms with Gasteiger partial charge in [-0.25, -0.2) is 4.39 Å². The molecule has 8 heteroatoms. The molecule has 33 heavy (non-hydrogen) atoms. The number of nitrogens with one attached hydrogen (secondary N) is 1. The highest BCUT2D eigenvalue weighted by atomic mass is 19.1. The first-order valence-corrected chi connectivity index (χ1v) is 10.9. The quantitative estimate of drug-likeness (QED) is 0.393. The van der Waals surface area contributed by atoms with Crippen molar-refractivity contribution in [2.75, 3.05) is 33.2 Å². The average molecular weight is 457 g/mol. The Balaban J connectivity index is 2.02. The molecule has 1 aliphatic heterocycles. The summed E-state index contributed by atoms with van der Waals surface area (Å²) in [7, 11) is 4.48. The number of unbranched alkanes of at least 4 members (excludes halogenated alkanes) is 3. The van der Waals surface area contributed by atoms with Gasteiger partial charge in [-0.15, -0.1) is 0 Å². The summed E-state index contributed by atoms with van der Waals surface area (Å²) < 4.78 is 29.6. The van der Waals surface area contributed by atoms with E-state index in [0.717, 1.165) is 25.7 Å². The van der Waals surface area contributed by atoms with Gasteiger partial charge in [0.05, 0.1) is 26.9 Å². The Morgan fingerprint density at radius 1 is 0.879 bits per heavy atom. The molecule has 2 amide bonds. The number of hydrogen-bond acceptors (Lipinski definition) is 6. The van der Waals surface area contributed by atoms with Crippen LogP contribution in [-0.2, 0) is 9.59 Å². The van der Waals surface area contributed by atoms with Crippen LogP contribution in [0, 0.1) is 5.82 Å². The van der Waals surface area contributed by atoms with Crippen molar-refractivity contribution in [3.05, 3.63) is 53.5 Å². The van der Waals surface area contributed by atoms with E-state index in [1.165, 1.54) is 50.5 Å². The number of nitrogens with zero attached hydrogens (tertiary/aromatic N) is 1. The minimum Gasteiger partial charge on any atom is -0.493 e. The molecule has 1 heterocycles. The van der Waals surface area contributed by atoms with Crippen molar-refractivity contribution in [2.24, 2.45) is 0 Å². The Hall–Kier alpha value is -3.55. The number of carbonyl (C=O) groups excluding carboxylic acids is 2. The van der Waals surface area contributed by atoms with Crippen LogP contribution in [0.1, 0.15) is 38.2 Å². The number of benzene rings is 2. The van der Waals surface area contributed by atoms with Crippen LogP contribution in [0.15, 0.2) is 42.1 Å². The van der Waals surface area contributed by atoms with Crippen molar-refractivity contribution in [1.29, 1.82) is 0 Å². The van der Waals surface area contributed by atoms with Crippen LogP contribution in [0.3, 0.4) is 0 Å². The average Bonchev–Trinajstić information content (AvgIpc) is 3.05. The van der Waals surface area contributed by atoms with E-state index >= 15 is 0 Å². The number of amides is 2. The lowest BCUT2D eigenvalue weighted by molar-refractivity contribution is -0.136. The first-order chi connectivity index (χ1) is 15.9. The number of rotatable bonds is 11. The number of methoxy groups -OCH3 is 3. The number of ether oxygens (including phenoxy) is 3. The lowest BCUT2D eigenvalue weighted by Gasteiger charge is -2.16. The normalized spacial score (nSPS) is 13.5. The summed E-state index contributed by atoms with van der Waals surface area (Å²) in [6.07, 6.45) is 3.73. The largest absolute Gasteiger partial charge is 0.493 e. The third kappa shape index (κ3) is 5.10. The molecule has 2 aromatic rings. The maximum Gasteiger partial charge on any atom is 0.278 e. The second-order valence-electron chi connectivity index (χ2n) is 7.62.